The summed E-state index contributed by atoms with van der Waals surface area (Å²) in [6.45, 7) is 7.75. The van der Waals surface area contributed by atoms with Crippen LogP contribution in [0.25, 0.3) is 0 Å². The Hall–Kier alpha value is -1.51. The Balaban J connectivity index is 2.30. The van der Waals surface area contributed by atoms with Crippen molar-refractivity contribution in [3.8, 4) is 0 Å². The van der Waals surface area contributed by atoms with E-state index in [1.807, 2.05) is 0 Å². The summed E-state index contributed by atoms with van der Waals surface area (Å²) in [5.74, 6) is 0. The smallest absolute Gasteiger partial charge is 0.289 e. The van der Waals surface area contributed by atoms with Crippen LogP contribution in [0, 0.1) is 20.8 Å². The van der Waals surface area contributed by atoms with Crippen LogP contribution in [0.5, 0.6) is 0 Å². The van der Waals surface area contributed by atoms with Crippen molar-refractivity contribution >= 4 is 11.7 Å². The van der Waals surface area contributed by atoms with Crippen LogP contribution in [-0.2, 0) is 4.74 Å². The van der Waals surface area contributed by atoms with E-state index in [0.29, 0.717) is 12.6 Å². The van der Waals surface area contributed by atoms with Crippen molar-refractivity contribution in [1.29, 1.82) is 0 Å². The molecule has 0 aliphatic carbocycles. The van der Waals surface area contributed by atoms with Crippen molar-refractivity contribution in [2.24, 2.45) is 4.99 Å². The number of aliphatic imine (C=N–C) groups is 1. The van der Waals surface area contributed by atoms with Gasteiger partial charge < -0.3 is 10.1 Å². The van der Waals surface area contributed by atoms with E-state index in [2.05, 4.69) is 43.2 Å². The molecule has 3 heteroatoms. The Morgan fingerprint density at radius 2 is 1.93 bits per heavy atom. The van der Waals surface area contributed by atoms with Gasteiger partial charge in [-0.25, -0.2) is 4.99 Å². The van der Waals surface area contributed by atoms with Crippen molar-refractivity contribution in [3.05, 3.63) is 28.8 Å². The van der Waals surface area contributed by atoms with E-state index in [1.54, 1.807) is 0 Å². The molecular weight excluding hydrogens is 188 g/mol. The topological polar surface area (TPSA) is 33.6 Å². The molecule has 0 fully saturated rings. The zero-order valence-corrected chi connectivity index (χ0v) is 9.42. The summed E-state index contributed by atoms with van der Waals surface area (Å²) in [7, 11) is 0. The number of hydrogen-bond donors (Lipinski definition) is 1. The van der Waals surface area contributed by atoms with Gasteiger partial charge in [-0.05, 0) is 37.5 Å². The quantitative estimate of drug-likeness (QED) is 0.762. The molecule has 2 rings (SSSR count). The van der Waals surface area contributed by atoms with Crippen LogP contribution in [0.1, 0.15) is 16.7 Å². The highest BCUT2D eigenvalue weighted by molar-refractivity contribution is 5.91. The third-order valence-corrected chi connectivity index (χ3v) is 2.76. The zero-order valence-electron chi connectivity index (χ0n) is 9.42. The molecule has 0 bridgehead atoms. The summed E-state index contributed by atoms with van der Waals surface area (Å²) < 4.78 is 5.35. The zero-order chi connectivity index (χ0) is 10.8. The second-order valence-corrected chi connectivity index (χ2v) is 3.86. The van der Waals surface area contributed by atoms with Gasteiger partial charge in [0.1, 0.15) is 6.61 Å². The Morgan fingerprint density at radius 1 is 1.20 bits per heavy atom. The molecular formula is C12H16N2O. The van der Waals surface area contributed by atoms with Gasteiger partial charge in [0.05, 0.1) is 6.54 Å². The number of ether oxygens (including phenoxy) is 1. The van der Waals surface area contributed by atoms with E-state index < -0.39 is 0 Å². The van der Waals surface area contributed by atoms with E-state index in [4.69, 9.17) is 4.74 Å². The van der Waals surface area contributed by atoms with Gasteiger partial charge in [-0.3, -0.25) is 0 Å². The lowest BCUT2D eigenvalue weighted by molar-refractivity contribution is 0.346. The molecule has 1 heterocycles. The van der Waals surface area contributed by atoms with Gasteiger partial charge in [0.25, 0.3) is 6.02 Å². The van der Waals surface area contributed by atoms with Crippen LogP contribution in [0.3, 0.4) is 0 Å². The Morgan fingerprint density at radius 3 is 2.60 bits per heavy atom. The van der Waals surface area contributed by atoms with Crippen LogP contribution < -0.4 is 5.32 Å². The third kappa shape index (κ3) is 1.96. The summed E-state index contributed by atoms with van der Waals surface area (Å²) in [4.78, 5) is 4.23. The summed E-state index contributed by atoms with van der Waals surface area (Å²) in [5.41, 5.74) is 4.88. The minimum absolute atomic E-state index is 0.645. The lowest BCUT2D eigenvalue weighted by Crippen LogP contribution is -2.14. The fourth-order valence-electron chi connectivity index (χ4n) is 1.66. The highest BCUT2D eigenvalue weighted by Crippen LogP contribution is 2.23. The van der Waals surface area contributed by atoms with Crippen LogP contribution >= 0.6 is 0 Å². The summed E-state index contributed by atoms with van der Waals surface area (Å²) >= 11 is 0. The second-order valence-electron chi connectivity index (χ2n) is 3.86. The molecule has 0 radical (unpaired) electrons. The number of hydrogen-bond acceptors (Lipinski definition) is 3. The minimum Gasteiger partial charge on any atom is -0.463 e. The predicted octanol–water partition coefficient (Wildman–Crippen LogP) is 2.41. The molecule has 1 aliphatic rings. The number of aryl methyl sites for hydroxylation is 2. The minimum atomic E-state index is 0.645. The number of nitrogens with one attached hydrogen (secondary N) is 1. The van der Waals surface area contributed by atoms with Crippen molar-refractivity contribution in [3.63, 3.8) is 0 Å². The van der Waals surface area contributed by atoms with Crippen LogP contribution in [0.15, 0.2) is 17.1 Å². The molecule has 1 N–H and O–H groups in total. The van der Waals surface area contributed by atoms with Crippen LogP contribution in [-0.4, -0.2) is 19.2 Å². The first kappa shape index (κ1) is 10.0. The normalized spacial score (nSPS) is 14.7. The molecule has 0 saturated carbocycles. The van der Waals surface area contributed by atoms with Gasteiger partial charge in [-0.1, -0.05) is 12.1 Å². The van der Waals surface area contributed by atoms with Crippen molar-refractivity contribution < 1.29 is 4.74 Å². The molecule has 0 aromatic heterocycles. The Bertz CT molecular complexity index is 410. The molecule has 0 spiro atoms. The maximum absolute atomic E-state index is 5.35. The Kier molecular flexibility index (Phi) is 2.62. The van der Waals surface area contributed by atoms with Gasteiger partial charge >= 0.3 is 0 Å². The average molecular weight is 204 g/mol. The summed E-state index contributed by atoms with van der Waals surface area (Å²) in [6.07, 6.45) is 0. The highest BCUT2D eigenvalue weighted by atomic mass is 16.5. The number of nitrogens with zero attached hydrogens (tertiary/aromatic N) is 1. The number of anilines is 1. The summed E-state index contributed by atoms with van der Waals surface area (Å²) in [5, 5.41) is 3.25. The molecule has 15 heavy (non-hydrogen) atoms. The molecule has 0 saturated heterocycles. The van der Waals surface area contributed by atoms with E-state index in [-0.39, 0.29) is 0 Å². The number of benzene rings is 1. The van der Waals surface area contributed by atoms with E-state index >= 15 is 0 Å². The lowest BCUT2D eigenvalue weighted by atomic mass is 10.0. The molecule has 3 nitrogen and oxygen atoms in total. The van der Waals surface area contributed by atoms with E-state index in [9.17, 15) is 0 Å². The molecule has 0 unspecified atom stereocenters. The summed E-state index contributed by atoms with van der Waals surface area (Å²) in [6, 6.07) is 4.89. The third-order valence-electron chi connectivity index (χ3n) is 2.76. The van der Waals surface area contributed by atoms with Crippen molar-refractivity contribution in [1.82, 2.24) is 0 Å². The fraction of sp³-hybridized carbons (Fsp3) is 0.417. The average Bonchev–Trinajstić information content (AvgIpc) is 2.71. The largest absolute Gasteiger partial charge is 0.463 e. The Labute approximate surface area is 90.2 Å². The molecule has 1 aromatic rings. The number of amidine groups is 1. The highest BCUT2D eigenvalue weighted by Gasteiger charge is 2.11. The standard InChI is InChI=1S/C12H16N2O/c1-8-4-5-9(2)11(10(8)3)14-12-13-6-7-15-12/h4-5H,6-7H2,1-3H3,(H,13,14). The van der Waals surface area contributed by atoms with Gasteiger partial charge in [-0.15, -0.1) is 0 Å². The first-order valence-electron chi connectivity index (χ1n) is 5.19. The fourth-order valence-corrected chi connectivity index (χ4v) is 1.66. The van der Waals surface area contributed by atoms with Gasteiger partial charge in [-0.2, -0.15) is 0 Å². The van der Waals surface area contributed by atoms with E-state index in [1.165, 1.54) is 16.7 Å². The first-order chi connectivity index (χ1) is 7.18. The molecule has 1 aromatic carbocycles. The van der Waals surface area contributed by atoms with Gasteiger partial charge in [0.2, 0.25) is 0 Å². The van der Waals surface area contributed by atoms with Crippen LogP contribution in [0.4, 0.5) is 5.69 Å². The maximum atomic E-state index is 5.35. The van der Waals surface area contributed by atoms with Gasteiger partial charge in [0, 0.05) is 5.69 Å². The molecule has 80 valence electrons. The maximum Gasteiger partial charge on any atom is 0.289 e. The van der Waals surface area contributed by atoms with Crippen LogP contribution in [0.2, 0.25) is 0 Å². The van der Waals surface area contributed by atoms with Crippen molar-refractivity contribution in [2.45, 2.75) is 20.8 Å². The molecule has 0 atom stereocenters. The molecule has 1 aliphatic heterocycles. The first-order valence-corrected chi connectivity index (χ1v) is 5.19. The monoisotopic (exact) mass is 204 g/mol. The van der Waals surface area contributed by atoms with Gasteiger partial charge in [0.15, 0.2) is 0 Å². The lowest BCUT2D eigenvalue weighted by Gasteiger charge is -2.13. The molecule has 0 amide bonds. The predicted molar refractivity (Wildman–Crippen MR) is 62.5 cm³/mol. The van der Waals surface area contributed by atoms with Crippen molar-refractivity contribution in [2.75, 3.05) is 18.5 Å². The SMILES string of the molecule is Cc1ccc(C)c(NC2=NCCO2)c1C. The number of rotatable bonds is 1. The second kappa shape index (κ2) is 3.93. The van der Waals surface area contributed by atoms with E-state index in [0.717, 1.165) is 12.2 Å².